The number of esters is 1. The first-order valence-electron chi connectivity index (χ1n) is 12.2. The first kappa shape index (κ1) is 25.8. The minimum Gasteiger partial charge on any atom is -0.493 e. The van der Waals surface area contributed by atoms with E-state index in [9.17, 15) is 9.59 Å². The van der Waals surface area contributed by atoms with Crippen molar-refractivity contribution >= 4 is 23.4 Å². The third-order valence-electron chi connectivity index (χ3n) is 7.02. The highest BCUT2D eigenvalue weighted by molar-refractivity contribution is 6.30. The standard InChI is InChI=1S/C29H32ClNO5/c1-6-16(2)36-29(33)25-17(3)31-22-14-19(18-10-12-20(30)13-11-18)15-23(32)27(22)26(25)21-8-7-9-24(34-4)28(21)35-5/h7-13,16,19,26,31H,6,14-15H2,1-5H3/t16-,19-,26-/m1/s1. The number of halogens is 1. The molecule has 0 saturated carbocycles. The van der Waals surface area contributed by atoms with E-state index in [4.69, 9.17) is 25.8 Å². The lowest BCUT2D eigenvalue weighted by Gasteiger charge is -2.37. The Labute approximate surface area is 217 Å². The van der Waals surface area contributed by atoms with E-state index in [0.717, 1.165) is 11.3 Å². The van der Waals surface area contributed by atoms with Gasteiger partial charge in [0, 0.05) is 34.0 Å². The van der Waals surface area contributed by atoms with Crippen LogP contribution in [0, 0.1) is 0 Å². The van der Waals surface area contributed by atoms with Gasteiger partial charge in [0.05, 0.1) is 31.8 Å². The van der Waals surface area contributed by atoms with Crippen LogP contribution in [-0.2, 0) is 14.3 Å². The second kappa shape index (κ2) is 10.8. The Morgan fingerprint density at radius 2 is 1.83 bits per heavy atom. The zero-order valence-electron chi connectivity index (χ0n) is 21.3. The molecular weight excluding hydrogens is 478 g/mol. The number of ether oxygens (including phenoxy) is 3. The third-order valence-corrected chi connectivity index (χ3v) is 7.27. The highest BCUT2D eigenvalue weighted by Gasteiger charge is 2.43. The van der Waals surface area contributed by atoms with Gasteiger partial charge in [-0.25, -0.2) is 4.79 Å². The highest BCUT2D eigenvalue weighted by Crippen LogP contribution is 2.49. The van der Waals surface area contributed by atoms with E-state index >= 15 is 0 Å². The Balaban J connectivity index is 1.85. The molecule has 0 fully saturated rings. The third kappa shape index (κ3) is 4.87. The molecule has 36 heavy (non-hydrogen) atoms. The normalized spacial score (nSPS) is 20.4. The summed E-state index contributed by atoms with van der Waals surface area (Å²) in [6, 6.07) is 13.1. The molecule has 0 spiro atoms. The predicted octanol–water partition coefficient (Wildman–Crippen LogP) is 6.06. The second-order valence-electron chi connectivity index (χ2n) is 9.28. The number of methoxy groups -OCH3 is 2. The van der Waals surface area contributed by atoms with E-state index in [1.165, 1.54) is 0 Å². The zero-order valence-corrected chi connectivity index (χ0v) is 22.1. The average Bonchev–Trinajstić information content (AvgIpc) is 2.87. The summed E-state index contributed by atoms with van der Waals surface area (Å²) >= 11 is 6.08. The van der Waals surface area contributed by atoms with E-state index in [1.54, 1.807) is 20.3 Å². The second-order valence-corrected chi connectivity index (χ2v) is 9.71. The van der Waals surface area contributed by atoms with E-state index in [-0.39, 0.29) is 17.8 Å². The summed E-state index contributed by atoms with van der Waals surface area (Å²) in [5.41, 5.74) is 4.23. The lowest BCUT2D eigenvalue weighted by Crippen LogP contribution is -2.36. The molecule has 2 aromatic rings. The van der Waals surface area contributed by atoms with Gasteiger partial charge in [0.25, 0.3) is 0 Å². The average molecular weight is 510 g/mol. The number of para-hydroxylation sites is 1. The summed E-state index contributed by atoms with van der Waals surface area (Å²) in [6.07, 6.45) is 1.40. The molecule has 4 rings (SSSR count). The van der Waals surface area contributed by atoms with Crippen molar-refractivity contribution in [3.05, 3.63) is 81.2 Å². The molecule has 1 heterocycles. The molecule has 0 radical (unpaired) electrons. The summed E-state index contributed by atoms with van der Waals surface area (Å²) < 4.78 is 17.0. The number of allylic oxidation sites excluding steroid dienone is 3. The van der Waals surface area contributed by atoms with Crippen molar-refractivity contribution in [3.8, 4) is 11.5 Å². The number of nitrogens with one attached hydrogen (secondary N) is 1. The summed E-state index contributed by atoms with van der Waals surface area (Å²) in [6.45, 7) is 5.68. The lowest BCUT2D eigenvalue weighted by atomic mass is 9.71. The van der Waals surface area contributed by atoms with Gasteiger partial charge in [-0.15, -0.1) is 0 Å². The lowest BCUT2D eigenvalue weighted by molar-refractivity contribution is -0.144. The minimum atomic E-state index is -0.637. The topological polar surface area (TPSA) is 73.9 Å². The van der Waals surface area contributed by atoms with Crippen molar-refractivity contribution < 1.29 is 23.8 Å². The predicted molar refractivity (Wildman–Crippen MR) is 139 cm³/mol. The van der Waals surface area contributed by atoms with Crippen molar-refractivity contribution in [3.63, 3.8) is 0 Å². The van der Waals surface area contributed by atoms with Crippen LogP contribution >= 0.6 is 11.6 Å². The van der Waals surface area contributed by atoms with Crippen LogP contribution in [0.25, 0.3) is 0 Å². The number of dihydropyridines is 1. The molecule has 3 atom stereocenters. The van der Waals surface area contributed by atoms with Crippen LogP contribution in [0.4, 0.5) is 0 Å². The van der Waals surface area contributed by atoms with E-state index < -0.39 is 11.9 Å². The minimum absolute atomic E-state index is 0.00952. The quantitative estimate of drug-likeness (QED) is 0.457. The van der Waals surface area contributed by atoms with E-state index in [0.29, 0.717) is 58.2 Å². The SMILES string of the molecule is CC[C@@H](C)OC(=O)C1=C(C)NC2=C(C(=O)C[C@H](c3ccc(Cl)cc3)C2)[C@@H]1c1cccc(OC)c1OC. The van der Waals surface area contributed by atoms with Crippen LogP contribution in [0.1, 0.15) is 63.0 Å². The molecule has 0 aromatic heterocycles. The fourth-order valence-electron chi connectivity index (χ4n) is 5.06. The van der Waals surface area contributed by atoms with Crippen molar-refractivity contribution in [2.75, 3.05) is 14.2 Å². The Bertz CT molecular complexity index is 1230. The van der Waals surface area contributed by atoms with Crippen LogP contribution in [0.2, 0.25) is 5.02 Å². The molecule has 2 aliphatic rings. The molecule has 0 unspecified atom stereocenters. The summed E-state index contributed by atoms with van der Waals surface area (Å²) in [5, 5.41) is 4.04. The van der Waals surface area contributed by atoms with Gasteiger partial charge in [-0.05, 0) is 56.4 Å². The van der Waals surface area contributed by atoms with Gasteiger partial charge < -0.3 is 19.5 Å². The largest absolute Gasteiger partial charge is 0.493 e. The zero-order chi connectivity index (χ0) is 26.0. The maximum absolute atomic E-state index is 13.8. The summed E-state index contributed by atoms with van der Waals surface area (Å²) in [4.78, 5) is 27.3. The highest BCUT2D eigenvalue weighted by atomic mass is 35.5. The maximum atomic E-state index is 13.8. The Morgan fingerprint density at radius 1 is 1.11 bits per heavy atom. The fourth-order valence-corrected chi connectivity index (χ4v) is 5.19. The molecule has 190 valence electrons. The van der Waals surface area contributed by atoms with Gasteiger partial charge in [-0.1, -0.05) is 42.8 Å². The van der Waals surface area contributed by atoms with Gasteiger partial charge in [0.15, 0.2) is 17.3 Å². The summed E-state index contributed by atoms with van der Waals surface area (Å²) in [5.74, 6) is -0.0570. The van der Waals surface area contributed by atoms with Crippen LogP contribution in [0.3, 0.4) is 0 Å². The first-order chi connectivity index (χ1) is 17.3. The molecule has 0 bridgehead atoms. The number of hydrogen-bond donors (Lipinski definition) is 1. The maximum Gasteiger partial charge on any atom is 0.337 e. The molecule has 0 saturated heterocycles. The smallest absolute Gasteiger partial charge is 0.337 e. The molecule has 2 aromatic carbocycles. The monoisotopic (exact) mass is 509 g/mol. The number of Topliss-reactive ketones (excluding diaryl/α,β-unsaturated/α-hetero) is 1. The van der Waals surface area contributed by atoms with Gasteiger partial charge >= 0.3 is 5.97 Å². The van der Waals surface area contributed by atoms with Gasteiger partial charge in [-0.3, -0.25) is 4.79 Å². The number of carbonyl (C=O) groups is 2. The number of rotatable bonds is 7. The molecule has 1 aliphatic heterocycles. The van der Waals surface area contributed by atoms with Crippen molar-refractivity contribution in [2.24, 2.45) is 0 Å². The Morgan fingerprint density at radius 3 is 2.47 bits per heavy atom. The summed E-state index contributed by atoms with van der Waals surface area (Å²) in [7, 11) is 3.13. The van der Waals surface area contributed by atoms with Crippen molar-refractivity contribution in [1.82, 2.24) is 5.32 Å². The number of hydrogen-bond acceptors (Lipinski definition) is 6. The van der Waals surface area contributed by atoms with Gasteiger partial charge in [-0.2, -0.15) is 0 Å². The first-order valence-corrected chi connectivity index (χ1v) is 12.6. The van der Waals surface area contributed by atoms with Crippen LogP contribution < -0.4 is 14.8 Å². The molecule has 0 amide bonds. The van der Waals surface area contributed by atoms with Crippen LogP contribution in [-0.4, -0.2) is 32.1 Å². The molecular formula is C29H32ClNO5. The molecule has 6 nitrogen and oxygen atoms in total. The van der Waals surface area contributed by atoms with Gasteiger partial charge in [0.1, 0.15) is 0 Å². The fraction of sp³-hybridized carbons (Fsp3) is 0.379. The van der Waals surface area contributed by atoms with Crippen LogP contribution in [0.5, 0.6) is 11.5 Å². The Hall–Kier alpha value is -3.25. The molecule has 1 N–H and O–H groups in total. The molecule has 1 aliphatic carbocycles. The number of ketones is 1. The van der Waals surface area contributed by atoms with Gasteiger partial charge in [0.2, 0.25) is 0 Å². The number of benzene rings is 2. The van der Waals surface area contributed by atoms with Crippen LogP contribution in [0.15, 0.2) is 65.0 Å². The van der Waals surface area contributed by atoms with E-state index in [1.807, 2.05) is 57.2 Å². The number of carbonyl (C=O) groups excluding carboxylic acids is 2. The van der Waals surface area contributed by atoms with Crippen molar-refractivity contribution in [1.29, 1.82) is 0 Å². The molecule has 7 heteroatoms. The Kier molecular flexibility index (Phi) is 7.74. The van der Waals surface area contributed by atoms with E-state index in [2.05, 4.69) is 5.32 Å². The van der Waals surface area contributed by atoms with Crippen molar-refractivity contribution in [2.45, 2.75) is 58.0 Å².